The number of nitrogens with one attached hydrogen (secondary N) is 1. The summed E-state index contributed by atoms with van der Waals surface area (Å²) in [6.45, 7) is 2.02. The lowest BCUT2D eigenvalue weighted by Crippen LogP contribution is -2.07. The largest absolute Gasteiger partial charge is 0.457 e. The van der Waals surface area contributed by atoms with E-state index in [0.717, 1.165) is 22.6 Å². The number of amides is 1. The lowest BCUT2D eigenvalue weighted by molar-refractivity contribution is -0.111. The van der Waals surface area contributed by atoms with Crippen LogP contribution in [0.3, 0.4) is 0 Å². The molecule has 0 atom stereocenters. The van der Waals surface area contributed by atoms with Crippen molar-refractivity contribution in [3.05, 3.63) is 90.3 Å². The molecule has 3 rings (SSSR count). The number of aromatic nitrogens is 1. The minimum atomic E-state index is -0.191. The molecule has 2 aromatic carbocycles. The molecule has 0 saturated carbocycles. The van der Waals surface area contributed by atoms with Gasteiger partial charge in [-0.1, -0.05) is 12.1 Å². The summed E-state index contributed by atoms with van der Waals surface area (Å²) < 4.78 is 5.79. The molecule has 0 aliphatic heterocycles. The Labute approximate surface area is 146 Å². The summed E-state index contributed by atoms with van der Waals surface area (Å²) in [6.07, 6.45) is 6.60. The van der Waals surface area contributed by atoms with Crippen molar-refractivity contribution >= 4 is 17.7 Å². The Morgan fingerprint density at radius 2 is 1.76 bits per heavy atom. The Balaban J connectivity index is 1.59. The van der Waals surface area contributed by atoms with Crippen LogP contribution in [0.5, 0.6) is 11.5 Å². The predicted octanol–water partition coefficient (Wildman–Crippen LogP) is 4.83. The van der Waals surface area contributed by atoms with E-state index in [2.05, 4.69) is 10.3 Å². The number of hydrogen-bond acceptors (Lipinski definition) is 3. The summed E-state index contributed by atoms with van der Waals surface area (Å²) in [5.74, 6) is 1.32. The average molecular weight is 330 g/mol. The predicted molar refractivity (Wildman–Crippen MR) is 99.6 cm³/mol. The number of ether oxygens (including phenoxy) is 1. The first-order chi connectivity index (χ1) is 12.2. The molecule has 1 aromatic heterocycles. The molecule has 0 unspecified atom stereocenters. The van der Waals surface area contributed by atoms with E-state index in [-0.39, 0.29) is 5.91 Å². The quantitative estimate of drug-likeness (QED) is 0.681. The van der Waals surface area contributed by atoms with Crippen LogP contribution in [0.15, 0.2) is 79.1 Å². The fourth-order valence-electron chi connectivity index (χ4n) is 2.25. The fraction of sp³-hybridized carbons (Fsp3) is 0.0476. The summed E-state index contributed by atoms with van der Waals surface area (Å²) in [5.41, 5.74) is 2.77. The molecule has 4 nitrogen and oxygen atoms in total. The van der Waals surface area contributed by atoms with Crippen molar-refractivity contribution in [2.75, 3.05) is 5.32 Å². The molecule has 0 saturated heterocycles. The van der Waals surface area contributed by atoms with Crippen LogP contribution in [0.2, 0.25) is 0 Å². The van der Waals surface area contributed by atoms with Crippen molar-refractivity contribution in [2.24, 2.45) is 0 Å². The van der Waals surface area contributed by atoms with E-state index in [9.17, 15) is 4.79 Å². The van der Waals surface area contributed by atoms with Crippen LogP contribution in [0.4, 0.5) is 5.69 Å². The van der Waals surface area contributed by atoms with Crippen LogP contribution in [0.1, 0.15) is 11.1 Å². The lowest BCUT2D eigenvalue weighted by Gasteiger charge is -2.07. The van der Waals surface area contributed by atoms with E-state index >= 15 is 0 Å². The number of rotatable bonds is 5. The van der Waals surface area contributed by atoms with E-state index in [0.29, 0.717) is 5.69 Å². The minimum absolute atomic E-state index is 0.191. The minimum Gasteiger partial charge on any atom is -0.457 e. The molecular weight excluding hydrogens is 312 g/mol. The van der Waals surface area contributed by atoms with Gasteiger partial charge in [-0.3, -0.25) is 9.78 Å². The van der Waals surface area contributed by atoms with Crippen LogP contribution < -0.4 is 10.1 Å². The van der Waals surface area contributed by atoms with E-state index in [1.807, 2.05) is 67.6 Å². The maximum absolute atomic E-state index is 12.0. The second-order valence-corrected chi connectivity index (χ2v) is 5.55. The van der Waals surface area contributed by atoms with Crippen molar-refractivity contribution < 1.29 is 9.53 Å². The van der Waals surface area contributed by atoms with Gasteiger partial charge in [-0.05, 0) is 72.7 Å². The Bertz CT molecular complexity index is 872. The summed E-state index contributed by atoms with van der Waals surface area (Å²) in [4.78, 5) is 15.9. The molecule has 0 radical (unpaired) electrons. The van der Waals surface area contributed by atoms with Crippen LogP contribution >= 0.6 is 0 Å². The number of carbonyl (C=O) groups is 1. The number of carbonyl (C=O) groups excluding carboxylic acids is 1. The fourth-order valence-corrected chi connectivity index (χ4v) is 2.25. The van der Waals surface area contributed by atoms with Crippen LogP contribution in [-0.4, -0.2) is 10.9 Å². The maximum Gasteiger partial charge on any atom is 0.248 e. The Morgan fingerprint density at radius 1 is 1.00 bits per heavy atom. The number of nitrogens with zero attached hydrogens (tertiary/aromatic N) is 1. The average Bonchev–Trinajstić information content (AvgIpc) is 2.63. The Morgan fingerprint density at radius 3 is 2.48 bits per heavy atom. The summed E-state index contributed by atoms with van der Waals surface area (Å²) >= 11 is 0. The van der Waals surface area contributed by atoms with E-state index in [4.69, 9.17) is 4.74 Å². The SMILES string of the molecule is Cc1cccc(Oc2ccc(NC(=O)/C=C/c3ccncc3)cc2)c1. The number of benzene rings is 2. The van der Waals surface area contributed by atoms with Crippen molar-refractivity contribution in [3.63, 3.8) is 0 Å². The molecule has 0 aliphatic rings. The maximum atomic E-state index is 12.0. The van der Waals surface area contributed by atoms with Gasteiger partial charge in [0.1, 0.15) is 11.5 Å². The summed E-state index contributed by atoms with van der Waals surface area (Å²) in [5, 5.41) is 2.82. The number of aryl methyl sites for hydroxylation is 1. The molecule has 1 N–H and O–H groups in total. The smallest absolute Gasteiger partial charge is 0.248 e. The first-order valence-corrected chi connectivity index (χ1v) is 7.93. The van der Waals surface area contributed by atoms with Gasteiger partial charge in [-0.15, -0.1) is 0 Å². The molecule has 0 bridgehead atoms. The van der Waals surface area contributed by atoms with Gasteiger partial charge in [0, 0.05) is 24.2 Å². The van der Waals surface area contributed by atoms with E-state index in [1.54, 1.807) is 18.5 Å². The molecule has 0 aliphatic carbocycles. The summed E-state index contributed by atoms with van der Waals surface area (Å²) in [6, 6.07) is 18.8. The van der Waals surface area contributed by atoms with Crippen molar-refractivity contribution in [1.82, 2.24) is 4.98 Å². The van der Waals surface area contributed by atoms with Gasteiger partial charge < -0.3 is 10.1 Å². The monoisotopic (exact) mass is 330 g/mol. The van der Waals surface area contributed by atoms with Crippen LogP contribution in [0.25, 0.3) is 6.08 Å². The molecule has 0 fully saturated rings. The van der Waals surface area contributed by atoms with Gasteiger partial charge in [0.15, 0.2) is 0 Å². The highest BCUT2D eigenvalue weighted by Gasteiger charge is 2.01. The van der Waals surface area contributed by atoms with Gasteiger partial charge >= 0.3 is 0 Å². The first kappa shape index (κ1) is 16.5. The molecule has 124 valence electrons. The van der Waals surface area contributed by atoms with Crippen molar-refractivity contribution in [2.45, 2.75) is 6.92 Å². The highest BCUT2D eigenvalue weighted by Crippen LogP contribution is 2.23. The highest BCUT2D eigenvalue weighted by molar-refractivity contribution is 6.01. The van der Waals surface area contributed by atoms with Crippen molar-refractivity contribution in [1.29, 1.82) is 0 Å². The normalized spacial score (nSPS) is 10.6. The molecule has 25 heavy (non-hydrogen) atoms. The van der Waals surface area contributed by atoms with Gasteiger partial charge in [-0.2, -0.15) is 0 Å². The molecule has 1 heterocycles. The molecular formula is C21H18N2O2. The molecule has 3 aromatic rings. The topological polar surface area (TPSA) is 51.2 Å². The van der Waals surface area contributed by atoms with Crippen LogP contribution in [0, 0.1) is 6.92 Å². The zero-order valence-electron chi connectivity index (χ0n) is 13.8. The standard InChI is InChI=1S/C21H18N2O2/c1-16-3-2-4-20(15-16)25-19-8-6-18(7-9-19)23-21(24)10-5-17-11-13-22-14-12-17/h2-15H,1H3,(H,23,24)/b10-5+. The van der Waals surface area contributed by atoms with Gasteiger partial charge in [0.25, 0.3) is 0 Å². The van der Waals surface area contributed by atoms with E-state index < -0.39 is 0 Å². The van der Waals surface area contributed by atoms with Crippen molar-refractivity contribution in [3.8, 4) is 11.5 Å². The third-order valence-corrected chi connectivity index (χ3v) is 3.48. The third-order valence-electron chi connectivity index (χ3n) is 3.48. The molecule has 1 amide bonds. The zero-order chi connectivity index (χ0) is 17.5. The third kappa shape index (κ3) is 5.04. The second-order valence-electron chi connectivity index (χ2n) is 5.55. The lowest BCUT2D eigenvalue weighted by atomic mass is 10.2. The van der Waals surface area contributed by atoms with Gasteiger partial charge in [-0.25, -0.2) is 0 Å². The number of anilines is 1. The highest BCUT2D eigenvalue weighted by atomic mass is 16.5. The zero-order valence-corrected chi connectivity index (χ0v) is 13.8. The second kappa shape index (κ2) is 7.93. The van der Waals surface area contributed by atoms with Gasteiger partial charge in [0.2, 0.25) is 5.91 Å². The Hall–Kier alpha value is -3.40. The van der Waals surface area contributed by atoms with E-state index in [1.165, 1.54) is 6.08 Å². The molecule has 0 spiro atoms. The number of hydrogen-bond donors (Lipinski definition) is 1. The Kier molecular flexibility index (Phi) is 5.22. The summed E-state index contributed by atoms with van der Waals surface area (Å²) in [7, 11) is 0. The van der Waals surface area contributed by atoms with Gasteiger partial charge in [0.05, 0.1) is 0 Å². The van der Waals surface area contributed by atoms with Crippen LogP contribution in [-0.2, 0) is 4.79 Å². The molecule has 4 heteroatoms. The first-order valence-electron chi connectivity index (χ1n) is 7.93. The number of pyridine rings is 1.